The van der Waals surface area contributed by atoms with Crippen molar-refractivity contribution >= 4 is 5.91 Å². The lowest BCUT2D eigenvalue weighted by Crippen LogP contribution is -2.48. The molecule has 0 spiro atoms. The van der Waals surface area contributed by atoms with Gasteiger partial charge < -0.3 is 11.1 Å². The SMILES string of the molecule is CC(C)(N)C(=O)NCc1cccc(-n2cncn2)c1. The third kappa shape index (κ3) is 3.38. The molecule has 19 heavy (non-hydrogen) atoms. The van der Waals surface area contributed by atoms with E-state index in [0.29, 0.717) is 6.54 Å². The zero-order chi connectivity index (χ0) is 13.9. The van der Waals surface area contributed by atoms with Crippen LogP contribution < -0.4 is 11.1 Å². The van der Waals surface area contributed by atoms with Crippen LogP contribution >= 0.6 is 0 Å². The van der Waals surface area contributed by atoms with Gasteiger partial charge in [0.1, 0.15) is 12.7 Å². The van der Waals surface area contributed by atoms with Crippen LogP contribution in [0.4, 0.5) is 0 Å². The van der Waals surface area contributed by atoms with Crippen LogP contribution in [0.3, 0.4) is 0 Å². The summed E-state index contributed by atoms with van der Waals surface area (Å²) in [4.78, 5) is 15.6. The summed E-state index contributed by atoms with van der Waals surface area (Å²) >= 11 is 0. The standard InChI is InChI=1S/C13H17N5O/c1-13(2,14)12(19)16-7-10-4-3-5-11(6-10)18-9-15-8-17-18/h3-6,8-9H,7,14H2,1-2H3,(H,16,19). The number of hydrogen-bond donors (Lipinski definition) is 2. The summed E-state index contributed by atoms with van der Waals surface area (Å²) in [6.45, 7) is 3.78. The van der Waals surface area contributed by atoms with Gasteiger partial charge in [-0.1, -0.05) is 12.1 Å². The van der Waals surface area contributed by atoms with Crippen LogP contribution in [0.2, 0.25) is 0 Å². The van der Waals surface area contributed by atoms with Gasteiger partial charge in [0.15, 0.2) is 0 Å². The molecule has 6 nitrogen and oxygen atoms in total. The van der Waals surface area contributed by atoms with Gasteiger partial charge in [-0.25, -0.2) is 9.67 Å². The Kier molecular flexibility index (Phi) is 3.62. The second-order valence-corrected chi connectivity index (χ2v) is 4.91. The number of carbonyl (C=O) groups is 1. The zero-order valence-corrected chi connectivity index (χ0v) is 11.0. The van der Waals surface area contributed by atoms with Gasteiger partial charge in [-0.05, 0) is 31.5 Å². The Hall–Kier alpha value is -2.21. The lowest BCUT2D eigenvalue weighted by molar-refractivity contribution is -0.125. The summed E-state index contributed by atoms with van der Waals surface area (Å²) in [5.74, 6) is -0.182. The highest BCUT2D eigenvalue weighted by Crippen LogP contribution is 2.09. The second-order valence-electron chi connectivity index (χ2n) is 4.91. The molecule has 0 fully saturated rings. The van der Waals surface area contributed by atoms with Crippen molar-refractivity contribution in [1.29, 1.82) is 0 Å². The first-order valence-electron chi connectivity index (χ1n) is 5.98. The predicted molar refractivity (Wildman–Crippen MR) is 71.5 cm³/mol. The van der Waals surface area contributed by atoms with Crippen molar-refractivity contribution in [2.45, 2.75) is 25.9 Å². The van der Waals surface area contributed by atoms with Crippen molar-refractivity contribution in [1.82, 2.24) is 20.1 Å². The molecule has 1 heterocycles. The van der Waals surface area contributed by atoms with E-state index in [2.05, 4.69) is 15.4 Å². The molecule has 2 aromatic rings. The van der Waals surface area contributed by atoms with E-state index in [-0.39, 0.29) is 5.91 Å². The molecule has 0 aliphatic rings. The number of nitrogens with zero attached hydrogens (tertiary/aromatic N) is 3. The lowest BCUT2D eigenvalue weighted by Gasteiger charge is -2.17. The van der Waals surface area contributed by atoms with Crippen LogP contribution in [-0.2, 0) is 11.3 Å². The second kappa shape index (κ2) is 5.19. The van der Waals surface area contributed by atoms with Crippen molar-refractivity contribution < 1.29 is 4.79 Å². The highest BCUT2D eigenvalue weighted by atomic mass is 16.2. The summed E-state index contributed by atoms with van der Waals surface area (Å²) in [5, 5.41) is 6.86. The largest absolute Gasteiger partial charge is 0.350 e. The molecule has 1 aromatic heterocycles. The van der Waals surface area contributed by atoms with Gasteiger partial charge in [0.05, 0.1) is 11.2 Å². The molecule has 0 aliphatic carbocycles. The Balaban J connectivity index is 2.06. The first kappa shape index (κ1) is 13.2. The number of nitrogens with two attached hydrogens (primary N) is 1. The normalized spacial score (nSPS) is 11.3. The summed E-state index contributed by atoms with van der Waals surface area (Å²) < 4.78 is 1.66. The van der Waals surface area contributed by atoms with Crippen LogP contribution in [-0.4, -0.2) is 26.2 Å². The minimum atomic E-state index is -0.872. The van der Waals surface area contributed by atoms with Gasteiger partial charge in [0.25, 0.3) is 0 Å². The number of carbonyl (C=O) groups excluding carboxylic acids is 1. The number of benzene rings is 1. The molecular weight excluding hydrogens is 242 g/mol. The maximum atomic E-state index is 11.7. The fraction of sp³-hybridized carbons (Fsp3) is 0.308. The summed E-state index contributed by atoms with van der Waals surface area (Å²) in [7, 11) is 0. The topological polar surface area (TPSA) is 85.8 Å². The Morgan fingerprint density at radius 2 is 2.26 bits per heavy atom. The highest BCUT2D eigenvalue weighted by molar-refractivity contribution is 5.84. The number of nitrogens with one attached hydrogen (secondary N) is 1. The molecule has 0 bridgehead atoms. The smallest absolute Gasteiger partial charge is 0.239 e. The molecule has 0 radical (unpaired) electrons. The molecule has 0 atom stereocenters. The fourth-order valence-electron chi connectivity index (χ4n) is 1.56. The van der Waals surface area contributed by atoms with Gasteiger partial charge in [0.2, 0.25) is 5.91 Å². The van der Waals surface area contributed by atoms with Gasteiger partial charge in [-0.3, -0.25) is 4.79 Å². The quantitative estimate of drug-likeness (QED) is 0.843. The molecule has 3 N–H and O–H groups in total. The van der Waals surface area contributed by atoms with E-state index in [9.17, 15) is 4.79 Å². The van der Waals surface area contributed by atoms with E-state index in [4.69, 9.17) is 5.73 Å². The molecule has 100 valence electrons. The number of amides is 1. The van der Waals surface area contributed by atoms with Crippen LogP contribution in [0.5, 0.6) is 0 Å². The molecule has 0 saturated heterocycles. The minimum Gasteiger partial charge on any atom is -0.350 e. The van der Waals surface area contributed by atoms with Crippen LogP contribution in [0.1, 0.15) is 19.4 Å². The monoisotopic (exact) mass is 259 g/mol. The van der Waals surface area contributed by atoms with E-state index >= 15 is 0 Å². The fourth-order valence-corrected chi connectivity index (χ4v) is 1.56. The molecule has 1 amide bonds. The summed E-state index contributed by atoms with van der Waals surface area (Å²) in [5.41, 5.74) is 6.72. The van der Waals surface area contributed by atoms with Gasteiger partial charge >= 0.3 is 0 Å². The first-order valence-corrected chi connectivity index (χ1v) is 5.98. The average Bonchev–Trinajstić information content (AvgIpc) is 2.89. The van der Waals surface area contributed by atoms with Gasteiger partial charge in [-0.15, -0.1) is 0 Å². The van der Waals surface area contributed by atoms with E-state index in [0.717, 1.165) is 11.3 Å². The Morgan fingerprint density at radius 1 is 1.47 bits per heavy atom. The van der Waals surface area contributed by atoms with Gasteiger partial charge in [-0.2, -0.15) is 5.10 Å². The molecule has 0 saturated carbocycles. The third-order valence-electron chi connectivity index (χ3n) is 2.63. The van der Waals surface area contributed by atoms with Crippen molar-refractivity contribution in [2.75, 3.05) is 0 Å². The maximum Gasteiger partial charge on any atom is 0.239 e. The molecule has 6 heteroatoms. The first-order chi connectivity index (χ1) is 8.97. The zero-order valence-electron chi connectivity index (χ0n) is 11.0. The van der Waals surface area contributed by atoms with Crippen molar-refractivity contribution in [3.05, 3.63) is 42.5 Å². The lowest BCUT2D eigenvalue weighted by atomic mass is 10.1. The van der Waals surface area contributed by atoms with Gasteiger partial charge in [0, 0.05) is 6.54 Å². The molecule has 1 aromatic carbocycles. The van der Waals surface area contributed by atoms with E-state index in [1.165, 1.54) is 6.33 Å². The molecule has 0 unspecified atom stereocenters. The number of aromatic nitrogens is 3. The number of hydrogen-bond acceptors (Lipinski definition) is 4. The molecule has 0 aliphatic heterocycles. The van der Waals surface area contributed by atoms with Crippen molar-refractivity contribution in [3.8, 4) is 5.69 Å². The highest BCUT2D eigenvalue weighted by Gasteiger charge is 2.21. The van der Waals surface area contributed by atoms with E-state index in [1.807, 2.05) is 24.3 Å². The van der Waals surface area contributed by atoms with Crippen molar-refractivity contribution in [3.63, 3.8) is 0 Å². The average molecular weight is 259 g/mol. The maximum absolute atomic E-state index is 11.7. The number of rotatable bonds is 4. The Labute approximate surface area is 111 Å². The Morgan fingerprint density at radius 3 is 2.89 bits per heavy atom. The predicted octanol–water partition coefficient (Wildman–Crippen LogP) is 0.621. The summed E-state index contributed by atoms with van der Waals surface area (Å²) in [6, 6.07) is 7.71. The molecule has 2 rings (SSSR count). The van der Waals surface area contributed by atoms with Crippen LogP contribution in [0.15, 0.2) is 36.9 Å². The van der Waals surface area contributed by atoms with Crippen LogP contribution in [0, 0.1) is 0 Å². The minimum absolute atomic E-state index is 0.182. The van der Waals surface area contributed by atoms with E-state index < -0.39 is 5.54 Å². The summed E-state index contributed by atoms with van der Waals surface area (Å²) in [6.07, 6.45) is 3.10. The van der Waals surface area contributed by atoms with Crippen LogP contribution in [0.25, 0.3) is 5.69 Å². The van der Waals surface area contributed by atoms with E-state index in [1.54, 1.807) is 24.9 Å². The Bertz CT molecular complexity index is 557. The third-order valence-corrected chi connectivity index (χ3v) is 2.63. The van der Waals surface area contributed by atoms with Crippen molar-refractivity contribution in [2.24, 2.45) is 5.73 Å². The molecular formula is C13H17N5O.